The predicted octanol–water partition coefficient (Wildman–Crippen LogP) is 4.80. The molecule has 5 aliphatic rings. The van der Waals surface area contributed by atoms with Crippen molar-refractivity contribution in [2.45, 2.75) is 90.3 Å². The SMILES string of the molecule is C[C@@H](O)[C@H]1CC[C@H]2[C@@H]3CC[C@H]4C[C@@]5(CC[C@]4(C)[C@H]3CC[C@]12C)CO5. The van der Waals surface area contributed by atoms with E-state index < -0.39 is 0 Å². The maximum atomic E-state index is 10.3. The molecular formula is C22H36O2. The van der Waals surface area contributed by atoms with Crippen molar-refractivity contribution < 1.29 is 9.84 Å². The van der Waals surface area contributed by atoms with E-state index in [4.69, 9.17) is 4.74 Å². The summed E-state index contributed by atoms with van der Waals surface area (Å²) in [6.45, 7) is 8.26. The summed E-state index contributed by atoms with van der Waals surface area (Å²) in [5.74, 6) is 4.21. The van der Waals surface area contributed by atoms with Crippen LogP contribution in [0.1, 0.15) is 78.6 Å². The first-order valence-corrected chi connectivity index (χ1v) is 10.7. The number of aliphatic hydroxyl groups excluding tert-OH is 1. The molecule has 1 spiro atoms. The van der Waals surface area contributed by atoms with Gasteiger partial charge in [0, 0.05) is 0 Å². The van der Waals surface area contributed by atoms with Gasteiger partial charge in [0.25, 0.3) is 0 Å². The number of ether oxygens (including phenoxy) is 1. The van der Waals surface area contributed by atoms with Crippen LogP contribution in [-0.4, -0.2) is 23.4 Å². The molecule has 0 radical (unpaired) electrons. The monoisotopic (exact) mass is 332 g/mol. The molecule has 1 heterocycles. The molecule has 0 aromatic carbocycles. The fraction of sp³-hybridized carbons (Fsp3) is 1.00. The third kappa shape index (κ3) is 2.02. The number of hydrogen-bond donors (Lipinski definition) is 1. The van der Waals surface area contributed by atoms with E-state index in [2.05, 4.69) is 13.8 Å². The first-order valence-electron chi connectivity index (χ1n) is 10.7. The van der Waals surface area contributed by atoms with Crippen molar-refractivity contribution >= 4 is 0 Å². The van der Waals surface area contributed by atoms with Gasteiger partial charge in [-0.05, 0) is 105 Å². The van der Waals surface area contributed by atoms with Crippen LogP contribution in [-0.2, 0) is 4.74 Å². The summed E-state index contributed by atoms with van der Waals surface area (Å²) in [6.07, 6.45) is 12.3. The van der Waals surface area contributed by atoms with Crippen LogP contribution in [0.2, 0.25) is 0 Å². The summed E-state index contributed by atoms with van der Waals surface area (Å²) in [6, 6.07) is 0. The molecule has 5 fully saturated rings. The van der Waals surface area contributed by atoms with E-state index in [1.165, 1.54) is 57.8 Å². The fourth-order valence-electron chi connectivity index (χ4n) is 8.51. The highest BCUT2D eigenvalue weighted by Gasteiger charge is 2.63. The van der Waals surface area contributed by atoms with Crippen LogP contribution in [0, 0.1) is 40.4 Å². The van der Waals surface area contributed by atoms with Crippen LogP contribution in [0.3, 0.4) is 0 Å². The molecular weight excluding hydrogens is 296 g/mol. The summed E-state index contributed by atoms with van der Waals surface area (Å²) in [5, 5.41) is 10.3. The lowest BCUT2D eigenvalue weighted by Crippen LogP contribution is -2.54. The third-order valence-electron chi connectivity index (χ3n) is 10.0. The van der Waals surface area contributed by atoms with Crippen molar-refractivity contribution in [1.29, 1.82) is 0 Å². The quantitative estimate of drug-likeness (QED) is 0.700. The van der Waals surface area contributed by atoms with E-state index in [0.717, 1.165) is 30.3 Å². The number of aliphatic hydroxyl groups is 1. The Bertz CT molecular complexity index is 524. The highest BCUT2D eigenvalue weighted by atomic mass is 16.6. The lowest BCUT2D eigenvalue weighted by atomic mass is 9.44. The predicted molar refractivity (Wildman–Crippen MR) is 95.6 cm³/mol. The Kier molecular flexibility index (Phi) is 3.36. The van der Waals surface area contributed by atoms with E-state index in [1.54, 1.807) is 0 Å². The average Bonchev–Trinajstić information content (AvgIpc) is 3.19. The molecule has 0 amide bonds. The van der Waals surface area contributed by atoms with Crippen molar-refractivity contribution in [2.24, 2.45) is 40.4 Å². The van der Waals surface area contributed by atoms with Crippen LogP contribution >= 0.6 is 0 Å². The lowest BCUT2D eigenvalue weighted by molar-refractivity contribution is -0.126. The summed E-state index contributed by atoms with van der Waals surface area (Å²) >= 11 is 0. The number of rotatable bonds is 1. The Morgan fingerprint density at radius 2 is 1.67 bits per heavy atom. The van der Waals surface area contributed by atoms with E-state index in [-0.39, 0.29) is 6.10 Å². The highest BCUT2D eigenvalue weighted by Crippen LogP contribution is 2.69. The fourth-order valence-corrected chi connectivity index (χ4v) is 8.51. The zero-order valence-corrected chi connectivity index (χ0v) is 15.9. The molecule has 2 nitrogen and oxygen atoms in total. The summed E-state index contributed by atoms with van der Waals surface area (Å²) < 4.78 is 5.87. The average molecular weight is 333 g/mol. The van der Waals surface area contributed by atoms with Gasteiger partial charge in [0.15, 0.2) is 0 Å². The Balaban J connectivity index is 1.42. The first-order chi connectivity index (χ1) is 11.4. The van der Waals surface area contributed by atoms with Crippen LogP contribution in [0.4, 0.5) is 0 Å². The Morgan fingerprint density at radius 3 is 2.38 bits per heavy atom. The minimum atomic E-state index is -0.120. The standard InChI is InChI=1S/C22H36O2/c1-14(23)17-6-7-18-16-5-4-15-12-22(13-24-22)11-10-20(15,2)19(16)8-9-21(17,18)3/h14-19,23H,4-13H2,1-3H3/t14-,15+,16+,17-,18+,19+,20+,21-,22+/m1/s1. The molecule has 24 heavy (non-hydrogen) atoms. The largest absolute Gasteiger partial charge is 0.393 e. The molecule has 1 aliphatic heterocycles. The first kappa shape index (κ1) is 16.1. The highest BCUT2D eigenvalue weighted by molar-refractivity contribution is 5.12. The topological polar surface area (TPSA) is 32.8 Å². The van der Waals surface area contributed by atoms with Crippen molar-refractivity contribution in [2.75, 3.05) is 6.61 Å². The maximum Gasteiger partial charge on any atom is 0.0919 e. The van der Waals surface area contributed by atoms with Gasteiger partial charge in [0.2, 0.25) is 0 Å². The Labute approximate surface area is 147 Å². The normalized spacial score (nSPS) is 60.2. The van der Waals surface area contributed by atoms with Gasteiger partial charge < -0.3 is 9.84 Å². The van der Waals surface area contributed by atoms with Gasteiger partial charge in [-0.15, -0.1) is 0 Å². The molecule has 5 rings (SSSR count). The maximum absolute atomic E-state index is 10.3. The molecule has 0 bridgehead atoms. The molecule has 1 saturated heterocycles. The lowest BCUT2D eigenvalue weighted by Gasteiger charge is -2.61. The van der Waals surface area contributed by atoms with Crippen molar-refractivity contribution in [3.8, 4) is 0 Å². The molecule has 0 aromatic rings. The smallest absolute Gasteiger partial charge is 0.0919 e. The number of fused-ring (bicyclic) bond motifs is 5. The summed E-state index contributed by atoms with van der Waals surface area (Å²) in [7, 11) is 0. The second-order valence-electron chi connectivity index (χ2n) is 10.8. The Hall–Kier alpha value is -0.0800. The molecule has 9 atom stereocenters. The third-order valence-corrected chi connectivity index (χ3v) is 10.0. The molecule has 0 unspecified atom stereocenters. The van der Waals surface area contributed by atoms with Gasteiger partial charge in [0.1, 0.15) is 0 Å². The number of epoxide rings is 1. The summed E-state index contributed by atoms with van der Waals surface area (Å²) in [5.41, 5.74) is 1.31. The molecule has 1 N–H and O–H groups in total. The second-order valence-corrected chi connectivity index (χ2v) is 10.8. The van der Waals surface area contributed by atoms with Gasteiger partial charge in [0.05, 0.1) is 18.3 Å². The zero-order chi connectivity index (χ0) is 16.7. The van der Waals surface area contributed by atoms with E-state index >= 15 is 0 Å². The summed E-state index contributed by atoms with van der Waals surface area (Å²) in [4.78, 5) is 0. The second kappa shape index (κ2) is 5.00. The van der Waals surface area contributed by atoms with Gasteiger partial charge in [-0.3, -0.25) is 0 Å². The van der Waals surface area contributed by atoms with Gasteiger partial charge >= 0.3 is 0 Å². The van der Waals surface area contributed by atoms with Gasteiger partial charge in [-0.25, -0.2) is 0 Å². The van der Waals surface area contributed by atoms with E-state index in [0.29, 0.717) is 22.3 Å². The van der Waals surface area contributed by atoms with Crippen LogP contribution in [0.5, 0.6) is 0 Å². The molecule has 0 aromatic heterocycles. The minimum absolute atomic E-state index is 0.120. The molecule has 2 heteroatoms. The zero-order valence-electron chi connectivity index (χ0n) is 15.9. The molecule has 4 saturated carbocycles. The number of hydrogen-bond acceptors (Lipinski definition) is 2. The van der Waals surface area contributed by atoms with E-state index in [1.807, 2.05) is 6.92 Å². The molecule has 136 valence electrons. The van der Waals surface area contributed by atoms with Crippen molar-refractivity contribution in [3.63, 3.8) is 0 Å². The van der Waals surface area contributed by atoms with Crippen molar-refractivity contribution in [1.82, 2.24) is 0 Å². The molecule has 4 aliphatic carbocycles. The minimum Gasteiger partial charge on any atom is -0.393 e. The van der Waals surface area contributed by atoms with Gasteiger partial charge in [-0.2, -0.15) is 0 Å². The van der Waals surface area contributed by atoms with Crippen molar-refractivity contribution in [3.05, 3.63) is 0 Å². The van der Waals surface area contributed by atoms with Gasteiger partial charge in [-0.1, -0.05) is 13.8 Å². The Morgan fingerprint density at radius 1 is 0.917 bits per heavy atom. The van der Waals surface area contributed by atoms with Crippen LogP contribution in [0.15, 0.2) is 0 Å². The van der Waals surface area contributed by atoms with E-state index in [9.17, 15) is 5.11 Å². The van der Waals surface area contributed by atoms with Crippen LogP contribution in [0.25, 0.3) is 0 Å². The van der Waals surface area contributed by atoms with Crippen LogP contribution < -0.4 is 0 Å².